The number of hydrogen-bond acceptors (Lipinski definition) is 3. The van der Waals surface area contributed by atoms with Crippen LogP contribution < -0.4 is 0 Å². The molecule has 0 fully saturated rings. The van der Waals surface area contributed by atoms with Crippen molar-refractivity contribution in [2.45, 2.75) is 39.5 Å². The van der Waals surface area contributed by atoms with Gasteiger partial charge in [0.25, 0.3) is 0 Å². The van der Waals surface area contributed by atoms with Crippen molar-refractivity contribution in [3.8, 4) is 0 Å². The fourth-order valence-corrected chi connectivity index (χ4v) is 3.06. The summed E-state index contributed by atoms with van der Waals surface area (Å²) in [4.78, 5) is 16.9. The van der Waals surface area contributed by atoms with Crippen molar-refractivity contribution in [1.29, 1.82) is 0 Å². The summed E-state index contributed by atoms with van der Waals surface area (Å²) in [6.45, 7) is 8.28. The predicted molar refractivity (Wildman–Crippen MR) is 85.0 cm³/mol. The van der Waals surface area contributed by atoms with Crippen LogP contribution in [-0.4, -0.2) is 10.8 Å². The van der Waals surface area contributed by atoms with Gasteiger partial charge in [0.2, 0.25) is 0 Å². The topological polar surface area (TPSA) is 30.0 Å². The number of aromatic nitrogens is 1. The van der Waals surface area contributed by atoms with Crippen LogP contribution in [0.25, 0.3) is 0 Å². The summed E-state index contributed by atoms with van der Waals surface area (Å²) >= 11 is 7.51. The summed E-state index contributed by atoms with van der Waals surface area (Å²) in [6.07, 6.45) is 0.335. The Morgan fingerprint density at radius 3 is 2.65 bits per heavy atom. The molecule has 2 aromatic rings. The van der Waals surface area contributed by atoms with Crippen LogP contribution >= 0.6 is 22.9 Å². The van der Waals surface area contributed by atoms with Crippen molar-refractivity contribution >= 4 is 28.7 Å². The fraction of sp³-hybridized carbons (Fsp3) is 0.375. The minimum atomic E-state index is 0.0176. The molecular formula is C16H18ClNOS. The van der Waals surface area contributed by atoms with E-state index in [9.17, 15) is 4.79 Å². The molecule has 0 aliphatic rings. The normalized spacial score (nSPS) is 11.7. The Hall–Kier alpha value is -1.19. The van der Waals surface area contributed by atoms with Crippen LogP contribution in [0.5, 0.6) is 0 Å². The minimum absolute atomic E-state index is 0.0176. The molecule has 0 saturated heterocycles. The lowest BCUT2D eigenvalue weighted by Crippen LogP contribution is -2.12. The highest BCUT2D eigenvalue weighted by Crippen LogP contribution is 2.25. The lowest BCUT2D eigenvalue weighted by atomic mass is 9.93. The minimum Gasteiger partial charge on any atom is -0.294 e. The number of aryl methyl sites for hydroxylation is 1. The third-order valence-corrected chi connectivity index (χ3v) is 4.22. The van der Waals surface area contributed by atoms with Crippen LogP contribution in [0.1, 0.15) is 47.4 Å². The maximum absolute atomic E-state index is 12.4. The van der Waals surface area contributed by atoms with Gasteiger partial charge >= 0.3 is 0 Å². The molecule has 0 atom stereocenters. The van der Waals surface area contributed by atoms with Gasteiger partial charge in [0, 0.05) is 21.4 Å². The fourth-order valence-electron chi connectivity index (χ4n) is 1.86. The highest BCUT2D eigenvalue weighted by Gasteiger charge is 2.19. The third kappa shape index (κ3) is 3.47. The molecule has 0 aliphatic heterocycles. The molecule has 4 heteroatoms. The molecule has 1 aromatic carbocycles. The summed E-state index contributed by atoms with van der Waals surface area (Å²) in [6, 6.07) is 5.41. The predicted octanol–water partition coefficient (Wildman–Crippen LogP) is 4.83. The molecule has 2 rings (SSSR count). The van der Waals surface area contributed by atoms with Crippen LogP contribution in [0.3, 0.4) is 0 Å². The van der Waals surface area contributed by atoms with E-state index in [4.69, 9.17) is 11.6 Å². The molecule has 1 heterocycles. The van der Waals surface area contributed by atoms with E-state index < -0.39 is 0 Å². The zero-order valence-electron chi connectivity index (χ0n) is 12.2. The van der Waals surface area contributed by atoms with Crippen LogP contribution in [-0.2, 0) is 11.8 Å². The first kappa shape index (κ1) is 15.2. The van der Waals surface area contributed by atoms with Gasteiger partial charge in [0.05, 0.1) is 12.1 Å². The van der Waals surface area contributed by atoms with Gasteiger partial charge in [0.1, 0.15) is 5.01 Å². The van der Waals surface area contributed by atoms with Gasteiger partial charge in [-0.3, -0.25) is 4.79 Å². The second kappa shape index (κ2) is 5.66. The molecule has 0 bridgehead atoms. The molecule has 0 N–H and O–H groups in total. The zero-order chi connectivity index (χ0) is 14.9. The Kier molecular flexibility index (Phi) is 4.31. The van der Waals surface area contributed by atoms with Crippen LogP contribution in [0.4, 0.5) is 0 Å². The molecular weight excluding hydrogens is 290 g/mol. The van der Waals surface area contributed by atoms with E-state index in [1.54, 1.807) is 23.5 Å². The lowest BCUT2D eigenvalue weighted by molar-refractivity contribution is 0.0992. The Morgan fingerprint density at radius 1 is 1.35 bits per heavy atom. The zero-order valence-corrected chi connectivity index (χ0v) is 13.7. The molecule has 0 unspecified atom stereocenters. The number of benzene rings is 1. The monoisotopic (exact) mass is 307 g/mol. The molecule has 2 nitrogen and oxygen atoms in total. The van der Waals surface area contributed by atoms with Crippen LogP contribution in [0.15, 0.2) is 23.6 Å². The number of ketones is 1. The Bertz CT molecular complexity index is 640. The van der Waals surface area contributed by atoms with E-state index in [0.717, 1.165) is 16.3 Å². The first-order chi connectivity index (χ1) is 9.27. The SMILES string of the molecule is Cc1ccc(Cl)cc1C(=O)Cc1nc(C(C)(C)C)cs1. The van der Waals surface area contributed by atoms with Crippen molar-refractivity contribution in [1.82, 2.24) is 4.98 Å². The highest BCUT2D eigenvalue weighted by atomic mass is 35.5. The highest BCUT2D eigenvalue weighted by molar-refractivity contribution is 7.09. The second-order valence-electron chi connectivity index (χ2n) is 5.94. The summed E-state index contributed by atoms with van der Waals surface area (Å²) in [5.74, 6) is 0.0693. The first-order valence-electron chi connectivity index (χ1n) is 6.51. The summed E-state index contributed by atoms with van der Waals surface area (Å²) in [5, 5.41) is 3.49. The Balaban J connectivity index is 2.20. The lowest BCUT2D eigenvalue weighted by Gasteiger charge is -2.14. The van der Waals surface area contributed by atoms with Crippen molar-refractivity contribution < 1.29 is 4.79 Å². The summed E-state index contributed by atoms with van der Waals surface area (Å²) in [5.41, 5.74) is 2.69. The van der Waals surface area contributed by atoms with Gasteiger partial charge in [-0.25, -0.2) is 4.98 Å². The van der Waals surface area contributed by atoms with E-state index in [1.807, 2.05) is 18.4 Å². The first-order valence-corrected chi connectivity index (χ1v) is 7.77. The number of thiazole rings is 1. The average Bonchev–Trinajstić information content (AvgIpc) is 2.80. The molecule has 0 saturated carbocycles. The smallest absolute Gasteiger partial charge is 0.169 e. The van der Waals surface area contributed by atoms with Crippen molar-refractivity contribution in [2.75, 3.05) is 0 Å². The van der Waals surface area contributed by atoms with E-state index in [0.29, 0.717) is 17.0 Å². The van der Waals surface area contributed by atoms with E-state index in [2.05, 4.69) is 25.8 Å². The van der Waals surface area contributed by atoms with Crippen LogP contribution in [0.2, 0.25) is 5.02 Å². The van der Waals surface area contributed by atoms with Gasteiger partial charge in [-0.05, 0) is 24.6 Å². The van der Waals surface area contributed by atoms with Gasteiger partial charge < -0.3 is 0 Å². The molecule has 0 aliphatic carbocycles. The van der Waals surface area contributed by atoms with Crippen molar-refractivity contribution in [2.24, 2.45) is 0 Å². The average molecular weight is 308 g/mol. The van der Waals surface area contributed by atoms with Crippen molar-refractivity contribution in [3.05, 3.63) is 50.4 Å². The summed E-state index contributed by atoms with van der Waals surface area (Å²) in [7, 11) is 0. The van der Waals surface area contributed by atoms with Gasteiger partial charge in [-0.15, -0.1) is 11.3 Å². The number of halogens is 1. The Morgan fingerprint density at radius 2 is 2.05 bits per heavy atom. The number of hydrogen-bond donors (Lipinski definition) is 0. The van der Waals surface area contributed by atoms with E-state index >= 15 is 0 Å². The van der Waals surface area contributed by atoms with Crippen molar-refractivity contribution in [3.63, 3.8) is 0 Å². The van der Waals surface area contributed by atoms with Gasteiger partial charge in [-0.1, -0.05) is 38.4 Å². The quantitative estimate of drug-likeness (QED) is 0.760. The Labute approximate surface area is 128 Å². The van der Waals surface area contributed by atoms with E-state index in [1.165, 1.54) is 0 Å². The third-order valence-electron chi connectivity index (χ3n) is 3.13. The van der Waals surface area contributed by atoms with Crippen LogP contribution in [0, 0.1) is 6.92 Å². The summed E-state index contributed by atoms with van der Waals surface area (Å²) < 4.78 is 0. The van der Waals surface area contributed by atoms with E-state index in [-0.39, 0.29) is 11.2 Å². The second-order valence-corrected chi connectivity index (χ2v) is 7.31. The van der Waals surface area contributed by atoms with Gasteiger partial charge in [0.15, 0.2) is 5.78 Å². The maximum atomic E-state index is 12.4. The molecule has 0 amide bonds. The molecule has 20 heavy (non-hydrogen) atoms. The maximum Gasteiger partial charge on any atom is 0.169 e. The number of carbonyl (C=O) groups excluding carboxylic acids is 1. The standard InChI is InChI=1S/C16H18ClNOS/c1-10-5-6-11(17)7-12(10)13(19)8-15-18-14(9-20-15)16(2,3)4/h5-7,9H,8H2,1-4H3. The number of Topliss-reactive ketones (excluding diaryl/α,β-unsaturated/α-hetero) is 1. The number of rotatable bonds is 3. The molecule has 1 aromatic heterocycles. The number of nitrogens with zero attached hydrogens (tertiary/aromatic N) is 1. The molecule has 0 radical (unpaired) electrons. The largest absolute Gasteiger partial charge is 0.294 e. The molecule has 0 spiro atoms. The number of carbonyl (C=O) groups is 1. The molecule has 106 valence electrons. The van der Waals surface area contributed by atoms with Gasteiger partial charge in [-0.2, -0.15) is 0 Å².